The number of halogens is 2. The first-order chi connectivity index (χ1) is 8.90. The Morgan fingerprint density at radius 1 is 1.21 bits per heavy atom. The van der Waals surface area contributed by atoms with Gasteiger partial charge in [0.2, 0.25) is 10.0 Å². The Morgan fingerprint density at radius 3 is 2.53 bits per heavy atom. The van der Waals surface area contributed by atoms with Crippen molar-refractivity contribution in [2.45, 2.75) is 18.4 Å². The summed E-state index contributed by atoms with van der Waals surface area (Å²) < 4.78 is 28.5. The van der Waals surface area contributed by atoms with E-state index in [2.05, 4.69) is 36.6 Å². The minimum absolute atomic E-state index is 0.255. The lowest BCUT2D eigenvalue weighted by atomic mass is 10.2. The highest BCUT2D eigenvalue weighted by molar-refractivity contribution is 9.10. The Morgan fingerprint density at radius 2 is 1.95 bits per heavy atom. The van der Waals surface area contributed by atoms with Crippen molar-refractivity contribution in [3.05, 3.63) is 49.0 Å². The number of hydrogen-bond donors (Lipinski definition) is 1. The van der Waals surface area contributed by atoms with Crippen molar-refractivity contribution in [3.63, 3.8) is 0 Å². The van der Waals surface area contributed by atoms with Crippen LogP contribution in [0.1, 0.15) is 10.4 Å². The van der Waals surface area contributed by atoms with E-state index in [4.69, 9.17) is 0 Å². The van der Waals surface area contributed by atoms with Crippen LogP contribution < -0.4 is 4.72 Å². The highest BCUT2D eigenvalue weighted by Crippen LogP contribution is 2.25. The summed E-state index contributed by atoms with van der Waals surface area (Å²) in [5.74, 6) is 0. The molecule has 0 aliphatic carbocycles. The molecule has 0 amide bonds. The molecule has 19 heavy (non-hydrogen) atoms. The zero-order valence-corrected chi connectivity index (χ0v) is 14.8. The molecule has 2 aromatic rings. The van der Waals surface area contributed by atoms with Gasteiger partial charge in [0.25, 0.3) is 0 Å². The molecule has 0 radical (unpaired) electrons. The molecule has 3 nitrogen and oxygen atoms in total. The minimum Gasteiger partial charge on any atom is -0.207 e. The monoisotopic (exact) mass is 423 g/mol. The third-order valence-corrected chi connectivity index (χ3v) is 6.79. The first-order valence-electron chi connectivity index (χ1n) is 5.38. The molecule has 0 atom stereocenters. The van der Waals surface area contributed by atoms with Gasteiger partial charge in [-0.05, 0) is 67.9 Å². The molecule has 1 N–H and O–H groups in total. The normalized spacial score (nSPS) is 11.7. The Labute approximate surface area is 133 Å². The molecule has 1 aromatic heterocycles. The van der Waals surface area contributed by atoms with Gasteiger partial charge in [-0.15, -0.1) is 11.3 Å². The molecule has 7 heteroatoms. The van der Waals surface area contributed by atoms with E-state index in [1.165, 1.54) is 11.3 Å². The van der Waals surface area contributed by atoms with Crippen LogP contribution in [0.3, 0.4) is 0 Å². The second-order valence-electron chi connectivity index (χ2n) is 3.95. The van der Waals surface area contributed by atoms with Crippen LogP contribution in [0.15, 0.2) is 43.5 Å². The lowest BCUT2D eigenvalue weighted by Gasteiger charge is -2.08. The van der Waals surface area contributed by atoms with Crippen LogP contribution >= 0.6 is 43.2 Å². The summed E-state index contributed by atoms with van der Waals surface area (Å²) in [6.07, 6.45) is 0. The molecule has 0 fully saturated rings. The Balaban J connectivity index is 2.21. The first kappa shape index (κ1) is 15.2. The van der Waals surface area contributed by atoms with E-state index >= 15 is 0 Å². The van der Waals surface area contributed by atoms with E-state index < -0.39 is 10.0 Å². The molecule has 1 aromatic carbocycles. The van der Waals surface area contributed by atoms with Crippen LogP contribution in [0, 0.1) is 6.92 Å². The molecule has 102 valence electrons. The standard InChI is InChI=1S/C12H11Br2NO2S2/c1-8-2-3-12(10(14)6-8)19(16,17)15-7-11-9(13)4-5-18-11/h2-6,15H,7H2,1H3. The van der Waals surface area contributed by atoms with E-state index in [0.717, 1.165) is 14.9 Å². The third kappa shape index (κ3) is 3.66. The number of thiophene rings is 1. The molecule has 0 unspecified atom stereocenters. The maximum Gasteiger partial charge on any atom is 0.242 e. The van der Waals surface area contributed by atoms with Gasteiger partial charge in [-0.3, -0.25) is 0 Å². The number of benzene rings is 1. The van der Waals surface area contributed by atoms with Crippen molar-refractivity contribution in [1.82, 2.24) is 4.72 Å². The number of aryl methyl sites for hydroxylation is 1. The van der Waals surface area contributed by atoms with Gasteiger partial charge in [0.05, 0.1) is 4.90 Å². The highest BCUT2D eigenvalue weighted by Gasteiger charge is 2.17. The zero-order chi connectivity index (χ0) is 14.0. The molecule has 0 aliphatic rings. The van der Waals surface area contributed by atoms with E-state index in [1.54, 1.807) is 18.2 Å². The summed E-state index contributed by atoms with van der Waals surface area (Å²) in [5.41, 5.74) is 1.01. The maximum atomic E-state index is 12.2. The van der Waals surface area contributed by atoms with Crippen molar-refractivity contribution in [2.24, 2.45) is 0 Å². The fourth-order valence-electron chi connectivity index (χ4n) is 1.51. The van der Waals surface area contributed by atoms with Crippen molar-refractivity contribution in [3.8, 4) is 0 Å². The second-order valence-corrected chi connectivity index (χ2v) is 8.39. The van der Waals surface area contributed by atoms with Gasteiger partial charge in [-0.2, -0.15) is 0 Å². The molecule has 1 heterocycles. The van der Waals surface area contributed by atoms with Gasteiger partial charge in [-0.25, -0.2) is 13.1 Å². The number of sulfonamides is 1. The summed E-state index contributed by atoms with van der Waals surface area (Å²) in [7, 11) is -3.51. The molecule has 0 spiro atoms. The predicted molar refractivity (Wildman–Crippen MR) is 84.9 cm³/mol. The predicted octanol–water partition coefficient (Wildman–Crippen LogP) is 4.06. The topological polar surface area (TPSA) is 46.2 Å². The average Bonchev–Trinajstić information content (AvgIpc) is 2.72. The molecular weight excluding hydrogens is 414 g/mol. The summed E-state index contributed by atoms with van der Waals surface area (Å²) in [5, 5.41) is 1.91. The summed E-state index contributed by atoms with van der Waals surface area (Å²) >= 11 is 8.18. The van der Waals surface area contributed by atoms with Crippen LogP contribution in [0.4, 0.5) is 0 Å². The van der Waals surface area contributed by atoms with Crippen LogP contribution in [-0.4, -0.2) is 8.42 Å². The smallest absolute Gasteiger partial charge is 0.207 e. The molecule has 0 aliphatic heterocycles. The van der Waals surface area contributed by atoms with E-state index in [-0.39, 0.29) is 11.4 Å². The van der Waals surface area contributed by atoms with Crippen molar-refractivity contribution >= 4 is 53.2 Å². The van der Waals surface area contributed by atoms with Gasteiger partial charge in [0.1, 0.15) is 0 Å². The summed E-state index contributed by atoms with van der Waals surface area (Å²) in [4.78, 5) is 1.21. The zero-order valence-electron chi connectivity index (χ0n) is 9.98. The van der Waals surface area contributed by atoms with Crippen LogP contribution in [-0.2, 0) is 16.6 Å². The summed E-state index contributed by atoms with van der Waals surface area (Å²) in [6.45, 7) is 2.19. The lowest BCUT2D eigenvalue weighted by Crippen LogP contribution is -2.23. The number of rotatable bonds is 4. The minimum atomic E-state index is -3.51. The quantitative estimate of drug-likeness (QED) is 0.804. The van der Waals surface area contributed by atoms with Crippen molar-refractivity contribution in [1.29, 1.82) is 0 Å². The fourth-order valence-corrected chi connectivity index (χ4v) is 5.22. The van der Waals surface area contributed by atoms with Crippen LogP contribution in [0.25, 0.3) is 0 Å². The fraction of sp³-hybridized carbons (Fsp3) is 0.167. The Bertz CT molecular complexity index is 696. The Kier molecular flexibility index (Phi) is 4.84. The van der Waals surface area contributed by atoms with Gasteiger partial charge in [-0.1, -0.05) is 6.07 Å². The second kappa shape index (κ2) is 6.05. The van der Waals surface area contributed by atoms with Gasteiger partial charge in [0, 0.05) is 20.4 Å². The maximum absolute atomic E-state index is 12.2. The van der Waals surface area contributed by atoms with Gasteiger partial charge >= 0.3 is 0 Å². The Hall–Kier alpha value is -0.210. The van der Waals surface area contributed by atoms with Gasteiger partial charge in [0.15, 0.2) is 0 Å². The molecule has 0 saturated heterocycles. The molecule has 0 bridgehead atoms. The first-order valence-corrected chi connectivity index (χ1v) is 9.33. The highest BCUT2D eigenvalue weighted by atomic mass is 79.9. The largest absolute Gasteiger partial charge is 0.242 e. The lowest BCUT2D eigenvalue weighted by molar-refractivity contribution is 0.581. The number of hydrogen-bond acceptors (Lipinski definition) is 3. The third-order valence-electron chi connectivity index (χ3n) is 2.49. The van der Waals surface area contributed by atoms with E-state index in [0.29, 0.717) is 4.47 Å². The SMILES string of the molecule is Cc1ccc(S(=O)(=O)NCc2sccc2Br)c(Br)c1. The number of nitrogens with one attached hydrogen (secondary N) is 1. The molecule has 0 saturated carbocycles. The van der Waals surface area contributed by atoms with Crippen LogP contribution in [0.2, 0.25) is 0 Å². The van der Waals surface area contributed by atoms with Crippen LogP contribution in [0.5, 0.6) is 0 Å². The summed E-state index contributed by atoms with van der Waals surface area (Å²) in [6, 6.07) is 7.07. The molecule has 2 rings (SSSR count). The van der Waals surface area contributed by atoms with E-state index in [1.807, 2.05) is 18.4 Å². The van der Waals surface area contributed by atoms with Gasteiger partial charge < -0.3 is 0 Å². The molecular formula is C12H11Br2NO2S2. The average molecular weight is 425 g/mol. The van der Waals surface area contributed by atoms with E-state index in [9.17, 15) is 8.42 Å². The van der Waals surface area contributed by atoms with Crippen molar-refractivity contribution in [2.75, 3.05) is 0 Å². The van der Waals surface area contributed by atoms with Crippen molar-refractivity contribution < 1.29 is 8.42 Å².